The number of benzene rings is 1. The van der Waals surface area contributed by atoms with Crippen molar-refractivity contribution in [2.45, 2.75) is 26.8 Å². The third kappa shape index (κ3) is 2.77. The molecular weight excluding hydrogens is 226 g/mol. The molecule has 4 nitrogen and oxygen atoms in total. The van der Waals surface area contributed by atoms with Crippen LogP contribution in [0.2, 0.25) is 0 Å². The summed E-state index contributed by atoms with van der Waals surface area (Å²) in [4.78, 5) is 0. The molecule has 18 heavy (non-hydrogen) atoms. The molecule has 0 bridgehead atoms. The summed E-state index contributed by atoms with van der Waals surface area (Å²) in [7, 11) is 0. The van der Waals surface area contributed by atoms with Gasteiger partial charge in [0.2, 0.25) is 0 Å². The molecule has 0 aliphatic heterocycles. The van der Waals surface area contributed by atoms with Crippen LogP contribution in [0.1, 0.15) is 29.8 Å². The van der Waals surface area contributed by atoms with Crippen LogP contribution in [-0.4, -0.2) is 15.3 Å². The summed E-state index contributed by atoms with van der Waals surface area (Å²) in [6.07, 6.45) is 0. The van der Waals surface area contributed by atoms with Crippen LogP contribution >= 0.6 is 0 Å². The van der Waals surface area contributed by atoms with E-state index in [-0.39, 0.29) is 11.8 Å². The van der Waals surface area contributed by atoms with Crippen molar-refractivity contribution in [3.63, 3.8) is 0 Å². The van der Waals surface area contributed by atoms with Gasteiger partial charge in [-0.05, 0) is 50.1 Å². The number of hydrogen-bond donors (Lipinski definition) is 2. The molecule has 0 amide bonds. The molecule has 94 valence electrons. The zero-order valence-electron chi connectivity index (χ0n) is 10.8. The Labute approximate surface area is 107 Å². The highest BCUT2D eigenvalue weighted by Crippen LogP contribution is 2.21. The minimum Gasteiger partial charge on any atom is -0.508 e. The van der Waals surface area contributed by atoms with E-state index in [2.05, 4.69) is 15.5 Å². The zero-order chi connectivity index (χ0) is 13.1. The van der Waals surface area contributed by atoms with Gasteiger partial charge in [-0.3, -0.25) is 0 Å². The molecule has 0 fully saturated rings. The number of phenolic OH excluding ortho intramolecular Hbond substituents is 1. The van der Waals surface area contributed by atoms with Gasteiger partial charge in [-0.25, -0.2) is 0 Å². The van der Waals surface area contributed by atoms with E-state index in [4.69, 9.17) is 0 Å². The standard InChI is InChI=1S/C14H17N3O/c1-9-8-10(2)16-17-14(9)15-11(3)12-4-6-13(18)7-5-12/h4-8,11,18H,1-3H3,(H,15,17)/t11-/m1/s1. The Bertz CT molecular complexity index is 537. The topological polar surface area (TPSA) is 58.0 Å². The van der Waals surface area contributed by atoms with E-state index in [1.54, 1.807) is 12.1 Å². The normalized spacial score (nSPS) is 12.2. The molecule has 0 saturated carbocycles. The van der Waals surface area contributed by atoms with Crippen molar-refractivity contribution in [3.8, 4) is 5.75 Å². The fourth-order valence-corrected chi connectivity index (χ4v) is 1.81. The Morgan fingerprint density at radius 3 is 2.39 bits per heavy atom. The van der Waals surface area contributed by atoms with Crippen molar-refractivity contribution in [2.24, 2.45) is 0 Å². The van der Waals surface area contributed by atoms with Crippen molar-refractivity contribution in [2.75, 3.05) is 5.32 Å². The molecule has 1 aromatic heterocycles. The average molecular weight is 243 g/mol. The molecule has 2 rings (SSSR count). The fourth-order valence-electron chi connectivity index (χ4n) is 1.81. The molecule has 0 aliphatic rings. The summed E-state index contributed by atoms with van der Waals surface area (Å²) in [5.74, 6) is 1.07. The lowest BCUT2D eigenvalue weighted by molar-refractivity contribution is 0.475. The number of aryl methyl sites for hydroxylation is 2. The van der Waals surface area contributed by atoms with Gasteiger partial charge in [-0.1, -0.05) is 12.1 Å². The first-order chi connectivity index (χ1) is 8.56. The number of aromatic hydroxyl groups is 1. The van der Waals surface area contributed by atoms with Gasteiger partial charge >= 0.3 is 0 Å². The molecule has 1 atom stereocenters. The van der Waals surface area contributed by atoms with Crippen molar-refractivity contribution in [1.29, 1.82) is 0 Å². The summed E-state index contributed by atoms with van der Waals surface area (Å²) in [5, 5.41) is 20.8. The maximum Gasteiger partial charge on any atom is 0.152 e. The van der Waals surface area contributed by atoms with E-state index in [0.29, 0.717) is 0 Å². The molecule has 1 aromatic carbocycles. The van der Waals surface area contributed by atoms with Crippen molar-refractivity contribution in [1.82, 2.24) is 10.2 Å². The maximum absolute atomic E-state index is 9.26. The van der Waals surface area contributed by atoms with E-state index in [9.17, 15) is 5.11 Å². The SMILES string of the molecule is Cc1cc(C)c(N[C@H](C)c2ccc(O)cc2)nn1. The molecule has 1 heterocycles. The minimum atomic E-state index is 0.112. The third-order valence-corrected chi connectivity index (χ3v) is 2.85. The first kappa shape index (κ1) is 12.4. The van der Waals surface area contributed by atoms with E-state index < -0.39 is 0 Å². The third-order valence-electron chi connectivity index (χ3n) is 2.85. The van der Waals surface area contributed by atoms with Gasteiger partial charge in [0, 0.05) is 0 Å². The van der Waals surface area contributed by atoms with Gasteiger partial charge in [0.25, 0.3) is 0 Å². The summed E-state index contributed by atoms with van der Waals surface area (Å²) < 4.78 is 0. The highest BCUT2D eigenvalue weighted by Gasteiger charge is 2.08. The quantitative estimate of drug-likeness (QED) is 0.870. The Morgan fingerprint density at radius 2 is 1.78 bits per heavy atom. The minimum absolute atomic E-state index is 0.112. The first-order valence-corrected chi connectivity index (χ1v) is 5.92. The summed E-state index contributed by atoms with van der Waals surface area (Å²) in [6.45, 7) is 5.98. The number of aromatic nitrogens is 2. The number of nitrogens with zero attached hydrogens (tertiary/aromatic N) is 2. The van der Waals surface area contributed by atoms with Crippen LogP contribution in [0.5, 0.6) is 5.75 Å². The number of nitrogens with one attached hydrogen (secondary N) is 1. The summed E-state index contributed by atoms with van der Waals surface area (Å²) in [5.41, 5.74) is 3.08. The van der Waals surface area contributed by atoms with Crippen LogP contribution in [0.4, 0.5) is 5.82 Å². The summed E-state index contributed by atoms with van der Waals surface area (Å²) >= 11 is 0. The smallest absolute Gasteiger partial charge is 0.152 e. The monoisotopic (exact) mass is 243 g/mol. The van der Waals surface area contributed by atoms with Gasteiger partial charge in [0.15, 0.2) is 5.82 Å². The Hall–Kier alpha value is -2.10. The lowest BCUT2D eigenvalue weighted by Crippen LogP contribution is -2.10. The molecule has 2 aromatic rings. The van der Waals surface area contributed by atoms with Gasteiger partial charge in [-0.2, -0.15) is 5.10 Å². The number of phenols is 1. The van der Waals surface area contributed by atoms with Crippen LogP contribution in [0.15, 0.2) is 30.3 Å². The Balaban J connectivity index is 2.15. The van der Waals surface area contributed by atoms with E-state index in [1.165, 1.54) is 0 Å². The molecule has 0 saturated heterocycles. The average Bonchev–Trinajstić information content (AvgIpc) is 2.33. The second-order valence-corrected chi connectivity index (χ2v) is 4.47. The van der Waals surface area contributed by atoms with Crippen molar-refractivity contribution < 1.29 is 5.11 Å². The van der Waals surface area contributed by atoms with Gasteiger partial charge in [0.05, 0.1) is 11.7 Å². The first-order valence-electron chi connectivity index (χ1n) is 5.92. The van der Waals surface area contributed by atoms with Gasteiger partial charge in [0.1, 0.15) is 5.75 Å². The van der Waals surface area contributed by atoms with Crippen molar-refractivity contribution >= 4 is 5.82 Å². The molecule has 0 aliphatic carbocycles. The molecule has 0 radical (unpaired) electrons. The molecule has 0 spiro atoms. The van der Waals surface area contributed by atoms with Crippen LogP contribution in [0, 0.1) is 13.8 Å². The Morgan fingerprint density at radius 1 is 1.11 bits per heavy atom. The number of rotatable bonds is 3. The van der Waals surface area contributed by atoms with Crippen LogP contribution in [0.3, 0.4) is 0 Å². The predicted octanol–water partition coefficient (Wildman–Crippen LogP) is 2.97. The van der Waals surface area contributed by atoms with Crippen LogP contribution < -0.4 is 5.32 Å². The highest BCUT2D eigenvalue weighted by molar-refractivity contribution is 5.45. The van der Waals surface area contributed by atoms with E-state index in [0.717, 1.165) is 22.6 Å². The molecular formula is C14H17N3O. The number of anilines is 1. The molecule has 0 unspecified atom stereocenters. The second-order valence-electron chi connectivity index (χ2n) is 4.47. The number of hydrogen-bond acceptors (Lipinski definition) is 4. The maximum atomic E-state index is 9.26. The van der Waals surface area contributed by atoms with E-state index >= 15 is 0 Å². The largest absolute Gasteiger partial charge is 0.508 e. The predicted molar refractivity (Wildman–Crippen MR) is 71.7 cm³/mol. The van der Waals surface area contributed by atoms with Crippen molar-refractivity contribution in [3.05, 3.63) is 47.2 Å². The Kier molecular flexibility index (Phi) is 3.46. The van der Waals surface area contributed by atoms with Crippen LogP contribution in [0.25, 0.3) is 0 Å². The molecule has 2 N–H and O–H groups in total. The lowest BCUT2D eigenvalue weighted by atomic mass is 10.1. The van der Waals surface area contributed by atoms with Gasteiger partial charge < -0.3 is 10.4 Å². The van der Waals surface area contributed by atoms with Crippen LogP contribution in [-0.2, 0) is 0 Å². The zero-order valence-corrected chi connectivity index (χ0v) is 10.8. The second kappa shape index (κ2) is 5.04. The molecule has 4 heteroatoms. The summed E-state index contributed by atoms with van der Waals surface area (Å²) in [6, 6.07) is 9.26. The fraction of sp³-hybridized carbons (Fsp3) is 0.286. The van der Waals surface area contributed by atoms with E-state index in [1.807, 2.05) is 39.0 Å². The lowest BCUT2D eigenvalue weighted by Gasteiger charge is -2.16. The van der Waals surface area contributed by atoms with Gasteiger partial charge in [-0.15, -0.1) is 5.10 Å². The highest BCUT2D eigenvalue weighted by atomic mass is 16.3.